The van der Waals surface area contributed by atoms with Gasteiger partial charge >= 0.3 is 0 Å². The molecule has 16 heavy (non-hydrogen) atoms. The molecule has 1 unspecified atom stereocenters. The molecule has 0 nitrogen and oxygen atoms in total. The molecule has 0 heterocycles. The Labute approximate surface area is 100 Å². The molecular weight excluding hydrogens is 192 g/mol. The molecule has 0 saturated heterocycles. The van der Waals surface area contributed by atoms with Gasteiger partial charge in [0.2, 0.25) is 0 Å². The third-order valence-electron chi connectivity index (χ3n) is 3.11. The molecule has 86 valence electrons. The third kappa shape index (κ3) is 3.14. The number of rotatable bonds is 3. The molecule has 0 heteroatoms. The van der Waals surface area contributed by atoms with Crippen molar-refractivity contribution >= 4 is 0 Å². The summed E-state index contributed by atoms with van der Waals surface area (Å²) >= 11 is 0. The highest BCUT2D eigenvalue weighted by Crippen LogP contribution is 2.27. The standard InChI is InChI=1S/C16H22/c1-6-8-13(7-2)14-9-11-15(12-10-14)16(3,4)5/h1,9-13H,7-8H2,2-5H3. The van der Waals surface area contributed by atoms with Crippen LogP contribution in [0.3, 0.4) is 0 Å². The molecule has 0 aromatic heterocycles. The van der Waals surface area contributed by atoms with Crippen LogP contribution in [0, 0.1) is 12.3 Å². The van der Waals surface area contributed by atoms with E-state index in [-0.39, 0.29) is 5.41 Å². The van der Waals surface area contributed by atoms with Gasteiger partial charge in [0, 0.05) is 6.42 Å². The lowest BCUT2D eigenvalue weighted by Crippen LogP contribution is -2.11. The van der Waals surface area contributed by atoms with E-state index in [0.29, 0.717) is 5.92 Å². The molecule has 0 fully saturated rings. The summed E-state index contributed by atoms with van der Waals surface area (Å²) in [7, 11) is 0. The average molecular weight is 214 g/mol. The van der Waals surface area contributed by atoms with Gasteiger partial charge in [0.05, 0.1) is 0 Å². The Kier molecular flexibility index (Phi) is 4.19. The minimum absolute atomic E-state index is 0.229. The topological polar surface area (TPSA) is 0 Å². The van der Waals surface area contributed by atoms with Crippen molar-refractivity contribution in [1.29, 1.82) is 0 Å². The minimum atomic E-state index is 0.229. The molecule has 1 rings (SSSR count). The molecule has 0 aliphatic heterocycles. The molecule has 1 atom stereocenters. The molecule has 0 bridgehead atoms. The largest absolute Gasteiger partial charge is 0.120 e. The molecule has 0 aliphatic rings. The van der Waals surface area contributed by atoms with Crippen LogP contribution in [0.15, 0.2) is 24.3 Å². The summed E-state index contributed by atoms with van der Waals surface area (Å²) in [5, 5.41) is 0. The second-order valence-corrected chi connectivity index (χ2v) is 5.39. The maximum absolute atomic E-state index is 5.39. The molecule has 0 N–H and O–H groups in total. The normalized spacial score (nSPS) is 13.2. The van der Waals surface area contributed by atoms with Gasteiger partial charge in [-0.25, -0.2) is 0 Å². The highest BCUT2D eigenvalue weighted by molar-refractivity contribution is 5.30. The second-order valence-electron chi connectivity index (χ2n) is 5.39. The van der Waals surface area contributed by atoms with Crippen LogP contribution in [0.4, 0.5) is 0 Å². The van der Waals surface area contributed by atoms with Gasteiger partial charge in [0.25, 0.3) is 0 Å². The van der Waals surface area contributed by atoms with Gasteiger partial charge in [-0.05, 0) is 28.9 Å². The van der Waals surface area contributed by atoms with Crippen molar-refractivity contribution in [3.8, 4) is 12.3 Å². The second kappa shape index (κ2) is 5.21. The lowest BCUT2D eigenvalue weighted by atomic mass is 9.85. The highest BCUT2D eigenvalue weighted by Gasteiger charge is 2.14. The van der Waals surface area contributed by atoms with E-state index >= 15 is 0 Å². The van der Waals surface area contributed by atoms with Crippen molar-refractivity contribution in [2.45, 2.75) is 51.9 Å². The molecule has 0 aliphatic carbocycles. The predicted octanol–water partition coefficient (Wildman–Crippen LogP) is 4.50. The van der Waals surface area contributed by atoms with E-state index in [1.165, 1.54) is 11.1 Å². The molecule has 1 aromatic rings. The Morgan fingerprint density at radius 2 is 1.75 bits per heavy atom. The Morgan fingerprint density at radius 3 is 2.12 bits per heavy atom. The fourth-order valence-corrected chi connectivity index (χ4v) is 1.90. The number of hydrogen-bond donors (Lipinski definition) is 0. The van der Waals surface area contributed by atoms with E-state index in [1.807, 2.05) is 0 Å². The maximum Gasteiger partial charge on any atom is 0.0155 e. The minimum Gasteiger partial charge on any atom is -0.120 e. The highest BCUT2D eigenvalue weighted by atomic mass is 14.2. The smallest absolute Gasteiger partial charge is 0.0155 e. The van der Waals surface area contributed by atoms with E-state index in [0.717, 1.165) is 12.8 Å². The van der Waals surface area contributed by atoms with Gasteiger partial charge in [-0.15, -0.1) is 12.3 Å². The first-order chi connectivity index (χ1) is 7.49. The quantitative estimate of drug-likeness (QED) is 0.650. The first-order valence-corrected chi connectivity index (χ1v) is 6.03. The van der Waals surface area contributed by atoms with Gasteiger partial charge in [-0.1, -0.05) is 52.0 Å². The van der Waals surface area contributed by atoms with E-state index in [9.17, 15) is 0 Å². The number of terminal acetylenes is 1. The lowest BCUT2D eigenvalue weighted by Gasteiger charge is -2.20. The van der Waals surface area contributed by atoms with Gasteiger partial charge in [-0.2, -0.15) is 0 Å². The SMILES string of the molecule is C#CCC(CC)c1ccc(C(C)(C)C)cc1. The third-order valence-corrected chi connectivity index (χ3v) is 3.11. The van der Waals surface area contributed by atoms with Crippen LogP contribution < -0.4 is 0 Å². The Morgan fingerprint density at radius 1 is 1.19 bits per heavy atom. The van der Waals surface area contributed by atoms with E-state index in [1.54, 1.807) is 0 Å². The Bertz CT molecular complexity index is 357. The van der Waals surface area contributed by atoms with Crippen LogP contribution in [-0.4, -0.2) is 0 Å². The van der Waals surface area contributed by atoms with Crippen LogP contribution >= 0.6 is 0 Å². The van der Waals surface area contributed by atoms with Crippen LogP contribution in [0.2, 0.25) is 0 Å². The zero-order valence-electron chi connectivity index (χ0n) is 10.9. The fraction of sp³-hybridized carbons (Fsp3) is 0.500. The van der Waals surface area contributed by atoms with Crippen molar-refractivity contribution in [2.24, 2.45) is 0 Å². The van der Waals surface area contributed by atoms with Crippen molar-refractivity contribution in [2.75, 3.05) is 0 Å². The molecule has 0 saturated carbocycles. The zero-order chi connectivity index (χ0) is 12.2. The number of hydrogen-bond acceptors (Lipinski definition) is 0. The first-order valence-electron chi connectivity index (χ1n) is 6.03. The summed E-state index contributed by atoms with van der Waals surface area (Å²) in [5.74, 6) is 3.28. The summed E-state index contributed by atoms with van der Waals surface area (Å²) in [5.41, 5.74) is 2.98. The zero-order valence-corrected chi connectivity index (χ0v) is 10.9. The van der Waals surface area contributed by atoms with Crippen LogP contribution in [0.1, 0.15) is 57.6 Å². The Hall–Kier alpha value is -1.22. The van der Waals surface area contributed by atoms with Crippen molar-refractivity contribution in [3.63, 3.8) is 0 Å². The fourth-order valence-electron chi connectivity index (χ4n) is 1.90. The molecule has 0 amide bonds. The van der Waals surface area contributed by atoms with Crippen LogP contribution in [0.5, 0.6) is 0 Å². The monoisotopic (exact) mass is 214 g/mol. The first kappa shape index (κ1) is 12.8. The van der Waals surface area contributed by atoms with Crippen LogP contribution in [-0.2, 0) is 5.41 Å². The lowest BCUT2D eigenvalue weighted by molar-refractivity contribution is 0.589. The summed E-state index contributed by atoms with van der Waals surface area (Å²) in [6, 6.07) is 8.92. The molecule has 0 radical (unpaired) electrons. The van der Waals surface area contributed by atoms with Gasteiger partial charge < -0.3 is 0 Å². The summed E-state index contributed by atoms with van der Waals surface area (Å²) < 4.78 is 0. The summed E-state index contributed by atoms with van der Waals surface area (Å²) in [6.45, 7) is 8.90. The van der Waals surface area contributed by atoms with Crippen molar-refractivity contribution < 1.29 is 0 Å². The predicted molar refractivity (Wildman–Crippen MR) is 71.6 cm³/mol. The molecular formula is C16H22. The van der Waals surface area contributed by atoms with Crippen LogP contribution in [0.25, 0.3) is 0 Å². The summed E-state index contributed by atoms with van der Waals surface area (Å²) in [4.78, 5) is 0. The van der Waals surface area contributed by atoms with E-state index in [2.05, 4.69) is 57.9 Å². The molecule has 1 aromatic carbocycles. The summed E-state index contributed by atoms with van der Waals surface area (Å²) in [6.07, 6.45) is 7.34. The number of benzene rings is 1. The average Bonchev–Trinajstić information content (AvgIpc) is 2.25. The van der Waals surface area contributed by atoms with Crippen molar-refractivity contribution in [1.82, 2.24) is 0 Å². The van der Waals surface area contributed by atoms with Crippen molar-refractivity contribution in [3.05, 3.63) is 35.4 Å². The van der Waals surface area contributed by atoms with Gasteiger partial charge in [0.1, 0.15) is 0 Å². The maximum atomic E-state index is 5.39. The van der Waals surface area contributed by atoms with Gasteiger partial charge in [0.15, 0.2) is 0 Å². The van der Waals surface area contributed by atoms with Gasteiger partial charge in [-0.3, -0.25) is 0 Å². The Balaban J connectivity index is 2.90. The van der Waals surface area contributed by atoms with E-state index in [4.69, 9.17) is 6.42 Å². The van der Waals surface area contributed by atoms with E-state index < -0.39 is 0 Å². The molecule has 0 spiro atoms.